The van der Waals surface area contributed by atoms with Crippen LogP contribution < -0.4 is 0 Å². The largest absolute Gasteiger partial charge is 0.391 e. The van der Waals surface area contributed by atoms with Gasteiger partial charge in [0.1, 0.15) is 0 Å². The summed E-state index contributed by atoms with van der Waals surface area (Å²) in [6.07, 6.45) is 9.33. The maximum atomic E-state index is 10.9. The standard InChI is InChI=1S/C23H33IN2O/c24-11-5-13-25-12-4-8-20-16-23(27)22(17-21(20)25)26-14-9-19(10-15-26)18-6-2-1-3-7-18/h1-3,5-7,11,19-23,27H,4,8-10,12-17H2/b11-5+/t20?,21?,22-,23-/m1/s1. The van der Waals surface area contributed by atoms with Gasteiger partial charge in [-0.2, -0.15) is 0 Å². The number of fused-ring (bicyclic) bond motifs is 1. The van der Waals surface area contributed by atoms with Gasteiger partial charge in [-0.15, -0.1) is 0 Å². The number of aliphatic hydroxyl groups excluding tert-OH is 1. The van der Waals surface area contributed by atoms with Gasteiger partial charge in [0.2, 0.25) is 0 Å². The van der Waals surface area contributed by atoms with Crippen LogP contribution >= 0.6 is 22.6 Å². The summed E-state index contributed by atoms with van der Waals surface area (Å²) < 4.78 is 2.14. The summed E-state index contributed by atoms with van der Waals surface area (Å²) in [6, 6.07) is 12.0. The third-order valence-electron chi connectivity index (χ3n) is 7.20. The molecule has 0 spiro atoms. The van der Waals surface area contributed by atoms with Gasteiger partial charge in [0.05, 0.1) is 6.10 Å². The van der Waals surface area contributed by atoms with Crippen molar-refractivity contribution in [2.75, 3.05) is 26.2 Å². The molecule has 4 atom stereocenters. The Labute approximate surface area is 178 Å². The van der Waals surface area contributed by atoms with E-state index in [1.54, 1.807) is 0 Å². The fourth-order valence-corrected chi connectivity index (χ4v) is 6.01. The van der Waals surface area contributed by atoms with Crippen LogP contribution in [0.5, 0.6) is 0 Å². The molecule has 3 nitrogen and oxygen atoms in total. The van der Waals surface area contributed by atoms with Crippen LogP contribution in [0.2, 0.25) is 0 Å². The van der Waals surface area contributed by atoms with Crippen LogP contribution in [0.15, 0.2) is 40.5 Å². The highest BCUT2D eigenvalue weighted by Gasteiger charge is 2.43. The summed E-state index contributed by atoms with van der Waals surface area (Å²) in [7, 11) is 0. The molecular weight excluding hydrogens is 447 g/mol. The topological polar surface area (TPSA) is 26.7 Å². The first-order chi connectivity index (χ1) is 13.3. The molecule has 0 bridgehead atoms. The zero-order chi connectivity index (χ0) is 18.6. The maximum Gasteiger partial charge on any atom is 0.0699 e. The molecule has 3 aliphatic rings. The smallest absolute Gasteiger partial charge is 0.0699 e. The van der Waals surface area contributed by atoms with E-state index in [0.717, 1.165) is 32.5 Å². The van der Waals surface area contributed by atoms with Crippen LogP contribution in [-0.4, -0.2) is 59.3 Å². The average Bonchev–Trinajstić information content (AvgIpc) is 2.72. The molecule has 27 heavy (non-hydrogen) atoms. The SMILES string of the molecule is O[C@@H]1CC2CCCN(C/C=C/I)C2C[C@H]1N1CCC(c2ccccc2)CC1. The number of hydrogen-bond donors (Lipinski definition) is 1. The number of hydrogen-bond acceptors (Lipinski definition) is 3. The molecule has 0 amide bonds. The molecule has 4 heteroatoms. The lowest BCUT2D eigenvalue weighted by Gasteiger charge is -2.51. The molecule has 3 fully saturated rings. The second-order valence-electron chi connectivity index (χ2n) is 8.65. The van der Waals surface area contributed by atoms with E-state index < -0.39 is 0 Å². The van der Waals surface area contributed by atoms with E-state index in [1.807, 2.05) is 0 Å². The first-order valence-corrected chi connectivity index (χ1v) is 12.0. The van der Waals surface area contributed by atoms with Crippen molar-refractivity contribution in [2.24, 2.45) is 5.92 Å². The van der Waals surface area contributed by atoms with E-state index >= 15 is 0 Å². The fraction of sp³-hybridized carbons (Fsp3) is 0.652. The van der Waals surface area contributed by atoms with E-state index in [0.29, 0.717) is 23.9 Å². The summed E-state index contributed by atoms with van der Waals surface area (Å²) in [5.41, 5.74) is 1.49. The lowest BCUT2D eigenvalue weighted by Crippen LogP contribution is -2.58. The normalized spacial score (nSPS) is 34.0. The first-order valence-electron chi connectivity index (χ1n) is 10.7. The van der Waals surface area contributed by atoms with Crippen molar-refractivity contribution < 1.29 is 5.11 Å². The number of halogens is 1. The third kappa shape index (κ3) is 4.60. The van der Waals surface area contributed by atoms with E-state index in [4.69, 9.17) is 0 Å². The molecule has 4 rings (SSSR count). The van der Waals surface area contributed by atoms with Gasteiger partial charge in [-0.3, -0.25) is 9.80 Å². The summed E-state index contributed by atoms with van der Waals surface area (Å²) in [4.78, 5) is 5.29. The number of benzene rings is 1. The minimum absolute atomic E-state index is 0.139. The number of aliphatic hydroxyl groups is 1. The molecule has 0 radical (unpaired) electrons. The maximum absolute atomic E-state index is 10.9. The zero-order valence-corrected chi connectivity index (χ0v) is 18.4. The highest BCUT2D eigenvalue weighted by Crippen LogP contribution is 2.39. The van der Waals surface area contributed by atoms with Crippen molar-refractivity contribution in [3.8, 4) is 0 Å². The van der Waals surface area contributed by atoms with Crippen LogP contribution in [0.4, 0.5) is 0 Å². The van der Waals surface area contributed by atoms with Gasteiger partial charge in [-0.25, -0.2) is 0 Å². The van der Waals surface area contributed by atoms with Gasteiger partial charge in [0.15, 0.2) is 0 Å². The third-order valence-corrected chi connectivity index (χ3v) is 7.71. The zero-order valence-electron chi connectivity index (χ0n) is 16.2. The Bertz CT molecular complexity index is 614. The van der Waals surface area contributed by atoms with Gasteiger partial charge in [0.25, 0.3) is 0 Å². The number of piperidine rings is 2. The second kappa shape index (κ2) is 9.38. The second-order valence-corrected chi connectivity index (χ2v) is 9.37. The van der Waals surface area contributed by atoms with Gasteiger partial charge in [0, 0.05) is 18.6 Å². The Hall–Kier alpha value is -0.430. The van der Waals surface area contributed by atoms with Gasteiger partial charge >= 0.3 is 0 Å². The Morgan fingerprint density at radius 3 is 2.52 bits per heavy atom. The minimum atomic E-state index is -0.139. The Morgan fingerprint density at radius 1 is 1.00 bits per heavy atom. The molecule has 2 saturated heterocycles. The molecule has 1 saturated carbocycles. The predicted molar refractivity (Wildman–Crippen MR) is 120 cm³/mol. The lowest BCUT2D eigenvalue weighted by atomic mass is 9.74. The molecule has 2 unspecified atom stereocenters. The lowest BCUT2D eigenvalue weighted by molar-refractivity contribution is -0.0556. The van der Waals surface area contributed by atoms with Crippen LogP contribution in [-0.2, 0) is 0 Å². The van der Waals surface area contributed by atoms with Crippen molar-refractivity contribution in [1.82, 2.24) is 9.80 Å². The summed E-state index contributed by atoms with van der Waals surface area (Å²) in [5.74, 6) is 1.38. The molecular formula is C23H33IN2O. The van der Waals surface area contributed by atoms with Crippen molar-refractivity contribution in [1.29, 1.82) is 0 Å². The fourth-order valence-electron chi connectivity index (χ4n) is 5.79. The number of likely N-dealkylation sites (tertiary alicyclic amines) is 2. The monoisotopic (exact) mass is 480 g/mol. The van der Waals surface area contributed by atoms with Gasteiger partial charge in [-0.05, 0) is 79.6 Å². The Morgan fingerprint density at radius 2 is 1.78 bits per heavy atom. The highest BCUT2D eigenvalue weighted by molar-refractivity contribution is 14.1. The van der Waals surface area contributed by atoms with E-state index in [9.17, 15) is 5.11 Å². The number of rotatable bonds is 4. The molecule has 0 aromatic heterocycles. The molecule has 1 aliphatic carbocycles. The summed E-state index contributed by atoms with van der Waals surface area (Å²) in [5, 5.41) is 10.9. The Balaban J connectivity index is 1.38. The number of nitrogens with zero attached hydrogens (tertiary/aromatic N) is 2. The molecule has 2 heterocycles. The van der Waals surface area contributed by atoms with E-state index in [2.05, 4.69) is 72.9 Å². The van der Waals surface area contributed by atoms with Crippen molar-refractivity contribution >= 4 is 22.6 Å². The minimum Gasteiger partial charge on any atom is -0.391 e. The highest BCUT2D eigenvalue weighted by atomic mass is 127. The van der Waals surface area contributed by atoms with Crippen LogP contribution in [0.3, 0.4) is 0 Å². The molecule has 2 aliphatic heterocycles. The summed E-state index contributed by atoms with van der Waals surface area (Å²) >= 11 is 2.32. The Kier molecular flexibility index (Phi) is 6.90. The van der Waals surface area contributed by atoms with Gasteiger partial charge in [-0.1, -0.05) is 59.0 Å². The molecule has 1 N–H and O–H groups in total. The first kappa shape index (κ1) is 19.9. The van der Waals surface area contributed by atoms with E-state index in [-0.39, 0.29) is 6.10 Å². The summed E-state index contributed by atoms with van der Waals surface area (Å²) in [6.45, 7) is 4.56. The molecule has 1 aromatic rings. The van der Waals surface area contributed by atoms with Gasteiger partial charge < -0.3 is 5.11 Å². The van der Waals surface area contributed by atoms with Crippen LogP contribution in [0.1, 0.15) is 50.0 Å². The van der Waals surface area contributed by atoms with Crippen LogP contribution in [0.25, 0.3) is 0 Å². The molecule has 1 aromatic carbocycles. The van der Waals surface area contributed by atoms with Crippen molar-refractivity contribution in [3.63, 3.8) is 0 Å². The quantitative estimate of drug-likeness (QED) is 0.647. The van der Waals surface area contributed by atoms with Crippen LogP contribution in [0, 0.1) is 5.92 Å². The average molecular weight is 480 g/mol. The van der Waals surface area contributed by atoms with Crippen molar-refractivity contribution in [2.45, 2.75) is 62.6 Å². The predicted octanol–water partition coefficient (Wildman–Crippen LogP) is 4.42. The van der Waals surface area contributed by atoms with E-state index in [1.165, 1.54) is 37.8 Å². The molecule has 148 valence electrons. The van der Waals surface area contributed by atoms with Crippen molar-refractivity contribution in [3.05, 3.63) is 46.1 Å².